The number of amides is 1. The second-order valence-electron chi connectivity index (χ2n) is 6.45. The predicted octanol–water partition coefficient (Wildman–Crippen LogP) is 3.17. The molecule has 0 fully saturated rings. The molecule has 29 heavy (non-hydrogen) atoms. The maximum atomic E-state index is 12.9. The zero-order valence-corrected chi connectivity index (χ0v) is 17.3. The minimum Gasteiger partial charge on any atom is -0.496 e. The maximum absolute atomic E-state index is 12.9. The molecule has 0 saturated carbocycles. The van der Waals surface area contributed by atoms with Gasteiger partial charge in [-0.25, -0.2) is 0 Å². The third kappa shape index (κ3) is 4.83. The molecule has 2 aromatic carbocycles. The summed E-state index contributed by atoms with van der Waals surface area (Å²) in [4.78, 5) is 14.5. The van der Waals surface area contributed by atoms with Gasteiger partial charge in [0.1, 0.15) is 17.8 Å². The van der Waals surface area contributed by atoms with E-state index in [1.165, 1.54) is 18.1 Å². The van der Waals surface area contributed by atoms with Crippen molar-refractivity contribution in [1.29, 1.82) is 0 Å². The van der Waals surface area contributed by atoms with Crippen molar-refractivity contribution in [2.75, 3.05) is 27.3 Å². The molecule has 152 valence electrons. The summed E-state index contributed by atoms with van der Waals surface area (Å²) in [5.41, 5.74) is 1.98. The molecule has 1 amide bonds. The molecule has 0 spiro atoms. The van der Waals surface area contributed by atoms with Crippen molar-refractivity contribution >= 4 is 17.5 Å². The molecule has 0 aliphatic heterocycles. The summed E-state index contributed by atoms with van der Waals surface area (Å²) in [5, 5.41) is 11.4. The molecule has 0 radical (unpaired) electrons. The summed E-state index contributed by atoms with van der Waals surface area (Å²) < 4.78 is 12.6. The number of rotatable bonds is 8. The van der Waals surface area contributed by atoms with Crippen LogP contribution in [0.2, 0.25) is 5.02 Å². The van der Waals surface area contributed by atoms with E-state index < -0.39 is 0 Å². The molecule has 0 aliphatic rings. The second-order valence-corrected chi connectivity index (χ2v) is 6.86. The maximum Gasteiger partial charge on any atom is 0.257 e. The molecule has 3 rings (SSSR count). The van der Waals surface area contributed by atoms with Crippen LogP contribution in [0.25, 0.3) is 5.69 Å². The molecule has 8 nitrogen and oxygen atoms in total. The molecule has 0 atom stereocenters. The first-order valence-electron chi connectivity index (χ1n) is 9.06. The Morgan fingerprint density at radius 1 is 1.24 bits per heavy atom. The summed E-state index contributed by atoms with van der Waals surface area (Å²) in [5.74, 6) is 1.06. The zero-order valence-electron chi connectivity index (χ0n) is 16.5. The lowest BCUT2D eigenvalue weighted by molar-refractivity contribution is 0.0784. The normalized spacial score (nSPS) is 10.6. The highest BCUT2D eigenvalue weighted by Crippen LogP contribution is 2.30. The van der Waals surface area contributed by atoms with Gasteiger partial charge in [0.05, 0.1) is 30.0 Å². The van der Waals surface area contributed by atoms with E-state index in [9.17, 15) is 4.79 Å². The first kappa shape index (κ1) is 20.6. The summed E-state index contributed by atoms with van der Waals surface area (Å²) >= 11 is 6.35. The van der Waals surface area contributed by atoms with E-state index in [0.29, 0.717) is 41.6 Å². The van der Waals surface area contributed by atoms with Crippen LogP contribution in [-0.2, 0) is 0 Å². The fourth-order valence-electron chi connectivity index (χ4n) is 2.84. The van der Waals surface area contributed by atoms with E-state index >= 15 is 0 Å². The number of carbonyl (C=O) groups is 1. The Kier molecular flexibility index (Phi) is 6.66. The van der Waals surface area contributed by atoms with Crippen LogP contribution in [0.15, 0.2) is 42.7 Å². The number of halogens is 1. The van der Waals surface area contributed by atoms with E-state index in [0.717, 1.165) is 11.3 Å². The Labute approximate surface area is 174 Å². The fourth-order valence-corrected chi connectivity index (χ4v) is 3.09. The Bertz CT molecular complexity index is 978. The quantitative estimate of drug-likeness (QED) is 0.525. The smallest absolute Gasteiger partial charge is 0.257 e. The van der Waals surface area contributed by atoms with Crippen LogP contribution in [0.1, 0.15) is 22.3 Å². The van der Waals surface area contributed by atoms with Gasteiger partial charge < -0.3 is 14.4 Å². The lowest BCUT2D eigenvalue weighted by atomic mass is 10.1. The topological polar surface area (TPSA) is 82.4 Å². The van der Waals surface area contributed by atoms with E-state index in [1.807, 2.05) is 31.2 Å². The van der Waals surface area contributed by atoms with Gasteiger partial charge in [0.15, 0.2) is 0 Å². The fraction of sp³-hybridized carbons (Fsp3) is 0.300. The summed E-state index contributed by atoms with van der Waals surface area (Å²) in [6, 6.07) is 11.1. The minimum absolute atomic E-state index is 0.192. The monoisotopic (exact) mass is 415 g/mol. The van der Waals surface area contributed by atoms with Gasteiger partial charge in [0, 0.05) is 19.7 Å². The summed E-state index contributed by atoms with van der Waals surface area (Å²) in [7, 11) is 3.23. The Balaban J connectivity index is 1.64. The molecule has 0 bridgehead atoms. The first-order chi connectivity index (χ1) is 14.0. The third-order valence-electron chi connectivity index (χ3n) is 4.43. The average Bonchev–Trinajstić information content (AvgIpc) is 3.26. The molecule has 0 unspecified atom stereocenters. The van der Waals surface area contributed by atoms with Crippen LogP contribution in [-0.4, -0.2) is 58.3 Å². The largest absolute Gasteiger partial charge is 0.496 e. The van der Waals surface area contributed by atoms with Crippen molar-refractivity contribution in [3.63, 3.8) is 0 Å². The van der Waals surface area contributed by atoms with E-state index in [2.05, 4.69) is 15.5 Å². The van der Waals surface area contributed by atoms with Crippen molar-refractivity contribution in [3.8, 4) is 17.2 Å². The van der Waals surface area contributed by atoms with Gasteiger partial charge in [-0.1, -0.05) is 29.8 Å². The first-order valence-corrected chi connectivity index (χ1v) is 9.44. The SMILES string of the molecule is COc1cc(-n2cnnn2)c(Cl)cc1C(=O)N(C)CCCOc1ccccc1C. The van der Waals surface area contributed by atoms with Crippen molar-refractivity contribution < 1.29 is 14.3 Å². The number of tetrazole rings is 1. The van der Waals surface area contributed by atoms with Crippen LogP contribution in [0.5, 0.6) is 11.5 Å². The predicted molar refractivity (Wildman–Crippen MR) is 109 cm³/mol. The van der Waals surface area contributed by atoms with E-state index in [1.54, 1.807) is 24.1 Å². The van der Waals surface area contributed by atoms with Gasteiger partial charge in [-0.3, -0.25) is 4.79 Å². The number of methoxy groups -OCH3 is 1. The number of aromatic nitrogens is 4. The van der Waals surface area contributed by atoms with Crippen molar-refractivity contribution in [1.82, 2.24) is 25.1 Å². The lowest BCUT2D eigenvalue weighted by Crippen LogP contribution is -2.29. The van der Waals surface area contributed by atoms with Crippen LogP contribution in [0.4, 0.5) is 0 Å². The van der Waals surface area contributed by atoms with Crippen LogP contribution < -0.4 is 9.47 Å². The Morgan fingerprint density at radius 3 is 2.72 bits per heavy atom. The lowest BCUT2D eigenvalue weighted by Gasteiger charge is -2.20. The van der Waals surface area contributed by atoms with Crippen LogP contribution in [0.3, 0.4) is 0 Å². The summed E-state index contributed by atoms with van der Waals surface area (Å²) in [6.07, 6.45) is 2.11. The van der Waals surface area contributed by atoms with Gasteiger partial charge in [-0.05, 0) is 41.5 Å². The highest BCUT2D eigenvalue weighted by Gasteiger charge is 2.20. The molecule has 1 aromatic heterocycles. The standard InChI is InChI=1S/C20H22ClN5O3/c1-14-7-4-5-8-18(14)29-10-6-9-25(2)20(27)15-11-16(21)17(12-19(15)28-3)26-13-22-23-24-26/h4-5,7-8,11-13H,6,9-10H2,1-3H3. The number of hydrogen-bond acceptors (Lipinski definition) is 6. The Morgan fingerprint density at radius 2 is 2.03 bits per heavy atom. The Hall–Kier alpha value is -3.13. The molecular formula is C20H22ClN5O3. The molecular weight excluding hydrogens is 394 g/mol. The van der Waals surface area contributed by atoms with Crippen molar-refractivity contribution in [2.45, 2.75) is 13.3 Å². The van der Waals surface area contributed by atoms with Gasteiger partial charge in [0.2, 0.25) is 0 Å². The summed E-state index contributed by atoms with van der Waals surface area (Å²) in [6.45, 7) is 3.04. The number of ether oxygens (including phenoxy) is 2. The molecule has 3 aromatic rings. The molecule has 0 aliphatic carbocycles. The van der Waals surface area contributed by atoms with E-state index in [-0.39, 0.29) is 5.91 Å². The number of aryl methyl sites for hydroxylation is 1. The van der Waals surface area contributed by atoms with Gasteiger partial charge in [-0.2, -0.15) is 4.68 Å². The van der Waals surface area contributed by atoms with Gasteiger partial charge >= 0.3 is 0 Å². The van der Waals surface area contributed by atoms with Crippen LogP contribution >= 0.6 is 11.6 Å². The van der Waals surface area contributed by atoms with Gasteiger partial charge in [-0.15, -0.1) is 5.10 Å². The number of nitrogens with zero attached hydrogens (tertiary/aromatic N) is 5. The average molecular weight is 416 g/mol. The zero-order chi connectivity index (χ0) is 20.8. The number of benzene rings is 2. The van der Waals surface area contributed by atoms with Gasteiger partial charge in [0.25, 0.3) is 5.91 Å². The number of hydrogen-bond donors (Lipinski definition) is 0. The number of para-hydroxylation sites is 1. The molecule has 1 heterocycles. The highest BCUT2D eigenvalue weighted by atomic mass is 35.5. The third-order valence-corrected chi connectivity index (χ3v) is 4.73. The molecule has 9 heteroatoms. The van der Waals surface area contributed by atoms with Crippen LogP contribution in [0, 0.1) is 6.92 Å². The minimum atomic E-state index is -0.192. The molecule has 0 N–H and O–H groups in total. The van der Waals surface area contributed by atoms with Crippen molar-refractivity contribution in [2.24, 2.45) is 0 Å². The number of carbonyl (C=O) groups excluding carboxylic acids is 1. The van der Waals surface area contributed by atoms with Crippen molar-refractivity contribution in [3.05, 3.63) is 58.9 Å². The van der Waals surface area contributed by atoms with E-state index in [4.69, 9.17) is 21.1 Å². The second kappa shape index (κ2) is 9.38. The highest BCUT2D eigenvalue weighted by molar-refractivity contribution is 6.33. The molecule has 0 saturated heterocycles.